The van der Waals surface area contributed by atoms with Crippen LogP contribution in [-0.2, 0) is 17.9 Å². The first-order valence-corrected chi connectivity index (χ1v) is 12.2. The summed E-state index contributed by atoms with van der Waals surface area (Å²) in [6.45, 7) is 3.11. The van der Waals surface area contributed by atoms with Crippen molar-refractivity contribution in [3.05, 3.63) is 81.5 Å². The van der Waals surface area contributed by atoms with Crippen LogP contribution in [0.15, 0.2) is 60.7 Å². The van der Waals surface area contributed by atoms with Gasteiger partial charge < -0.3 is 19.3 Å². The fourth-order valence-electron chi connectivity index (χ4n) is 3.92. The van der Waals surface area contributed by atoms with E-state index in [2.05, 4.69) is 19.1 Å². The summed E-state index contributed by atoms with van der Waals surface area (Å²) < 4.78 is 10.7. The van der Waals surface area contributed by atoms with Crippen LogP contribution in [0.5, 0.6) is 11.5 Å². The third-order valence-corrected chi connectivity index (χ3v) is 6.89. The second kappa shape index (κ2) is 10.7. The van der Waals surface area contributed by atoms with Gasteiger partial charge in [0.15, 0.2) is 0 Å². The van der Waals surface area contributed by atoms with Gasteiger partial charge in [-0.3, -0.25) is 9.59 Å². The number of carbonyl (C=O) groups is 2. The molecule has 2 aromatic carbocycles. The number of carbonyl (C=O) groups excluding carboxylic acids is 2. The number of thiophene rings is 1. The summed E-state index contributed by atoms with van der Waals surface area (Å²) in [5.41, 5.74) is 1.50. The largest absolute Gasteiger partial charge is 0.497 e. The van der Waals surface area contributed by atoms with E-state index in [0.717, 1.165) is 23.3 Å². The highest BCUT2D eigenvalue weighted by Crippen LogP contribution is 2.32. The van der Waals surface area contributed by atoms with Crippen molar-refractivity contribution < 1.29 is 19.1 Å². The van der Waals surface area contributed by atoms with Gasteiger partial charge in [0.1, 0.15) is 18.0 Å². The Morgan fingerprint density at radius 1 is 0.971 bits per heavy atom. The van der Waals surface area contributed by atoms with Crippen LogP contribution in [0, 0.1) is 6.92 Å². The molecule has 4 rings (SSSR count). The molecule has 1 fully saturated rings. The highest BCUT2D eigenvalue weighted by atomic mass is 32.1. The average molecular weight is 479 g/mol. The van der Waals surface area contributed by atoms with Crippen molar-refractivity contribution in [1.82, 2.24) is 9.80 Å². The highest BCUT2D eigenvalue weighted by Gasteiger charge is 2.36. The van der Waals surface area contributed by atoms with Gasteiger partial charge >= 0.3 is 0 Å². The fraction of sp³-hybridized carbons (Fsp3) is 0.333. The summed E-state index contributed by atoms with van der Waals surface area (Å²) in [7, 11) is 3.10. The molecule has 1 aliphatic rings. The topological polar surface area (TPSA) is 59.1 Å². The summed E-state index contributed by atoms with van der Waals surface area (Å²) >= 11 is 1.69. The standard InChI is InChI=1S/C27H30N2O4S/c1-19-9-13-23(34-19)17-28(16-20-7-5-4-6-8-20)26(30)18-29(21-10-11-21)27(31)24-14-12-22(32-2)15-25(24)33-3/h4-9,12-15,21H,10-11,16-18H2,1-3H3. The van der Waals surface area contributed by atoms with E-state index in [4.69, 9.17) is 9.47 Å². The average Bonchev–Trinajstić information content (AvgIpc) is 3.62. The Morgan fingerprint density at radius 2 is 1.74 bits per heavy atom. The Kier molecular flexibility index (Phi) is 7.53. The Bertz CT molecular complexity index is 1140. The lowest BCUT2D eigenvalue weighted by molar-refractivity contribution is -0.133. The van der Waals surface area contributed by atoms with E-state index in [9.17, 15) is 9.59 Å². The number of amides is 2. The number of hydrogen-bond donors (Lipinski definition) is 0. The summed E-state index contributed by atoms with van der Waals surface area (Å²) in [6.07, 6.45) is 1.81. The van der Waals surface area contributed by atoms with Crippen molar-refractivity contribution in [2.45, 2.75) is 38.9 Å². The van der Waals surface area contributed by atoms with Crippen molar-refractivity contribution >= 4 is 23.2 Å². The molecule has 2 amide bonds. The molecular weight excluding hydrogens is 448 g/mol. The molecule has 0 bridgehead atoms. The molecule has 0 saturated heterocycles. The highest BCUT2D eigenvalue weighted by molar-refractivity contribution is 7.11. The molecular formula is C27H30N2O4S. The minimum Gasteiger partial charge on any atom is -0.497 e. The Balaban J connectivity index is 1.56. The summed E-state index contributed by atoms with van der Waals surface area (Å²) in [6, 6.07) is 19.3. The number of methoxy groups -OCH3 is 2. The van der Waals surface area contributed by atoms with Gasteiger partial charge in [-0.25, -0.2) is 0 Å². The van der Waals surface area contributed by atoms with Gasteiger partial charge in [-0.15, -0.1) is 11.3 Å². The molecule has 34 heavy (non-hydrogen) atoms. The van der Waals surface area contributed by atoms with Crippen LogP contribution >= 0.6 is 11.3 Å². The Hall–Kier alpha value is -3.32. The maximum atomic E-state index is 13.6. The number of rotatable bonds is 10. The monoisotopic (exact) mass is 478 g/mol. The molecule has 0 N–H and O–H groups in total. The van der Waals surface area contributed by atoms with Gasteiger partial charge in [0.25, 0.3) is 5.91 Å². The lowest BCUT2D eigenvalue weighted by atomic mass is 10.1. The van der Waals surface area contributed by atoms with Gasteiger partial charge in [-0.1, -0.05) is 30.3 Å². The predicted octanol–water partition coefficient (Wildman–Crippen LogP) is 4.91. The molecule has 1 aromatic heterocycles. The molecule has 1 saturated carbocycles. The zero-order chi connectivity index (χ0) is 24.1. The summed E-state index contributed by atoms with van der Waals surface area (Å²) in [5, 5.41) is 0. The second-order valence-electron chi connectivity index (χ2n) is 8.48. The first-order valence-electron chi connectivity index (χ1n) is 11.4. The van der Waals surface area contributed by atoms with Crippen molar-refractivity contribution in [3.8, 4) is 11.5 Å². The third-order valence-electron chi connectivity index (χ3n) is 5.90. The Labute approximate surface area is 204 Å². The van der Waals surface area contributed by atoms with Gasteiger partial charge in [-0.05, 0) is 49.6 Å². The third kappa shape index (κ3) is 5.78. The van der Waals surface area contributed by atoms with E-state index in [-0.39, 0.29) is 24.4 Å². The van der Waals surface area contributed by atoms with Crippen LogP contribution in [0.2, 0.25) is 0 Å². The van der Waals surface area contributed by atoms with E-state index in [1.165, 1.54) is 12.0 Å². The summed E-state index contributed by atoms with van der Waals surface area (Å²) in [5.74, 6) is 0.796. The van der Waals surface area contributed by atoms with Crippen LogP contribution in [0.1, 0.15) is 38.5 Å². The molecule has 1 aliphatic carbocycles. The number of nitrogens with zero attached hydrogens (tertiary/aromatic N) is 2. The molecule has 0 radical (unpaired) electrons. The van der Waals surface area contributed by atoms with Crippen molar-refractivity contribution in [3.63, 3.8) is 0 Å². The second-order valence-corrected chi connectivity index (χ2v) is 9.85. The smallest absolute Gasteiger partial charge is 0.258 e. The first-order chi connectivity index (χ1) is 16.5. The van der Waals surface area contributed by atoms with E-state index in [0.29, 0.717) is 30.2 Å². The van der Waals surface area contributed by atoms with Crippen LogP contribution in [0.4, 0.5) is 0 Å². The van der Waals surface area contributed by atoms with Crippen molar-refractivity contribution in [1.29, 1.82) is 0 Å². The normalized spacial score (nSPS) is 12.8. The number of benzene rings is 2. The molecule has 0 spiro atoms. The lowest BCUT2D eigenvalue weighted by Gasteiger charge is -2.28. The van der Waals surface area contributed by atoms with E-state index in [1.54, 1.807) is 41.5 Å². The lowest BCUT2D eigenvalue weighted by Crippen LogP contribution is -2.43. The maximum Gasteiger partial charge on any atom is 0.258 e. The first kappa shape index (κ1) is 23.8. The Morgan fingerprint density at radius 3 is 2.35 bits per heavy atom. The SMILES string of the molecule is COc1ccc(C(=O)N(CC(=O)N(Cc2ccccc2)Cc2ccc(C)s2)C2CC2)c(OC)c1. The van der Waals surface area contributed by atoms with Gasteiger partial charge in [0.05, 0.1) is 26.3 Å². The van der Waals surface area contributed by atoms with E-state index >= 15 is 0 Å². The minimum absolute atomic E-state index is 0.0376. The van der Waals surface area contributed by atoms with Gasteiger partial charge in [-0.2, -0.15) is 0 Å². The molecule has 7 heteroatoms. The van der Waals surface area contributed by atoms with Crippen molar-refractivity contribution in [2.75, 3.05) is 20.8 Å². The van der Waals surface area contributed by atoms with Crippen LogP contribution in [0.25, 0.3) is 0 Å². The van der Waals surface area contributed by atoms with Gasteiger partial charge in [0, 0.05) is 28.4 Å². The molecule has 178 valence electrons. The number of hydrogen-bond acceptors (Lipinski definition) is 5. The predicted molar refractivity (Wildman–Crippen MR) is 133 cm³/mol. The van der Waals surface area contributed by atoms with Crippen LogP contribution in [0.3, 0.4) is 0 Å². The molecule has 0 aliphatic heterocycles. The quantitative estimate of drug-likeness (QED) is 0.416. The molecule has 3 aromatic rings. The van der Waals surface area contributed by atoms with E-state index in [1.807, 2.05) is 35.2 Å². The van der Waals surface area contributed by atoms with Crippen molar-refractivity contribution in [2.24, 2.45) is 0 Å². The van der Waals surface area contributed by atoms with E-state index < -0.39 is 0 Å². The van der Waals surface area contributed by atoms with Gasteiger partial charge in [0.2, 0.25) is 5.91 Å². The van der Waals surface area contributed by atoms with Crippen LogP contribution in [-0.4, -0.2) is 48.4 Å². The molecule has 0 atom stereocenters. The minimum atomic E-state index is -0.193. The molecule has 0 unspecified atom stereocenters. The fourth-order valence-corrected chi connectivity index (χ4v) is 4.83. The zero-order valence-corrected chi connectivity index (χ0v) is 20.6. The maximum absolute atomic E-state index is 13.6. The zero-order valence-electron chi connectivity index (χ0n) is 19.8. The number of ether oxygens (including phenoxy) is 2. The summed E-state index contributed by atoms with van der Waals surface area (Å²) in [4.78, 5) is 33.0. The van der Waals surface area contributed by atoms with Crippen LogP contribution < -0.4 is 9.47 Å². The number of aryl methyl sites for hydroxylation is 1. The molecule has 6 nitrogen and oxygen atoms in total. The molecule has 1 heterocycles.